The van der Waals surface area contributed by atoms with Crippen LogP contribution in [-0.2, 0) is 0 Å². The average Bonchev–Trinajstić information content (AvgIpc) is 2.94. The van der Waals surface area contributed by atoms with Crippen molar-refractivity contribution in [2.24, 2.45) is 0 Å². The van der Waals surface area contributed by atoms with Crippen LogP contribution in [0.5, 0.6) is 0 Å². The van der Waals surface area contributed by atoms with E-state index in [9.17, 15) is 4.79 Å². The molecule has 94 valence electrons. The SMILES string of the molecule is CCN(CC)C(=O)c1cc(-n2cncn2)ccn1. The van der Waals surface area contributed by atoms with Gasteiger partial charge in [0.2, 0.25) is 0 Å². The molecule has 0 fully saturated rings. The molecule has 0 N–H and O–H groups in total. The fraction of sp³-hybridized carbons (Fsp3) is 0.333. The van der Waals surface area contributed by atoms with Crippen molar-refractivity contribution in [2.75, 3.05) is 13.1 Å². The number of amides is 1. The summed E-state index contributed by atoms with van der Waals surface area (Å²) in [5, 5.41) is 4.02. The number of carbonyl (C=O) groups excluding carboxylic acids is 1. The van der Waals surface area contributed by atoms with Crippen molar-refractivity contribution < 1.29 is 4.79 Å². The molecule has 0 aliphatic rings. The number of hydrogen-bond donors (Lipinski definition) is 0. The highest BCUT2D eigenvalue weighted by molar-refractivity contribution is 5.92. The van der Waals surface area contributed by atoms with Gasteiger partial charge in [0.15, 0.2) is 0 Å². The standard InChI is InChI=1S/C12H15N5O/c1-3-16(4-2)12(18)11-7-10(5-6-14-11)17-9-13-8-15-17/h5-9H,3-4H2,1-2H3. The summed E-state index contributed by atoms with van der Waals surface area (Å²) < 4.78 is 1.60. The zero-order chi connectivity index (χ0) is 13.0. The molecule has 0 saturated carbocycles. The van der Waals surface area contributed by atoms with E-state index in [0.29, 0.717) is 18.8 Å². The summed E-state index contributed by atoms with van der Waals surface area (Å²) in [5.74, 6) is -0.0676. The third-order valence-electron chi connectivity index (χ3n) is 2.70. The van der Waals surface area contributed by atoms with E-state index in [1.165, 1.54) is 6.33 Å². The molecule has 0 atom stereocenters. The molecule has 0 saturated heterocycles. The lowest BCUT2D eigenvalue weighted by molar-refractivity contribution is 0.0767. The fourth-order valence-electron chi connectivity index (χ4n) is 1.69. The van der Waals surface area contributed by atoms with Crippen LogP contribution < -0.4 is 0 Å². The number of carbonyl (C=O) groups is 1. The number of pyridine rings is 1. The molecule has 0 radical (unpaired) electrons. The lowest BCUT2D eigenvalue weighted by Gasteiger charge is -2.18. The highest BCUT2D eigenvalue weighted by Crippen LogP contribution is 2.08. The molecule has 0 unspecified atom stereocenters. The van der Waals surface area contributed by atoms with E-state index >= 15 is 0 Å². The Morgan fingerprint density at radius 3 is 2.78 bits per heavy atom. The Labute approximate surface area is 105 Å². The van der Waals surface area contributed by atoms with Crippen molar-refractivity contribution in [3.8, 4) is 5.69 Å². The number of nitrogens with zero attached hydrogens (tertiary/aromatic N) is 5. The van der Waals surface area contributed by atoms with Gasteiger partial charge in [0.1, 0.15) is 18.3 Å². The van der Waals surface area contributed by atoms with Crippen molar-refractivity contribution in [3.05, 3.63) is 36.7 Å². The second-order valence-corrected chi connectivity index (χ2v) is 3.72. The van der Waals surface area contributed by atoms with Gasteiger partial charge in [-0.2, -0.15) is 5.10 Å². The van der Waals surface area contributed by atoms with Gasteiger partial charge >= 0.3 is 0 Å². The van der Waals surface area contributed by atoms with Gasteiger partial charge < -0.3 is 4.90 Å². The molecule has 2 aromatic rings. The lowest BCUT2D eigenvalue weighted by Crippen LogP contribution is -2.31. The van der Waals surface area contributed by atoms with Crippen molar-refractivity contribution in [1.29, 1.82) is 0 Å². The molecule has 2 aromatic heterocycles. The van der Waals surface area contributed by atoms with Gasteiger partial charge in [-0.1, -0.05) is 0 Å². The average molecular weight is 245 g/mol. The molecule has 0 aliphatic carbocycles. The van der Waals surface area contributed by atoms with Crippen LogP contribution in [0.2, 0.25) is 0 Å². The maximum absolute atomic E-state index is 12.1. The topological polar surface area (TPSA) is 63.9 Å². The number of hydrogen-bond acceptors (Lipinski definition) is 4. The quantitative estimate of drug-likeness (QED) is 0.810. The monoisotopic (exact) mass is 245 g/mol. The van der Waals surface area contributed by atoms with E-state index in [2.05, 4.69) is 15.1 Å². The summed E-state index contributed by atoms with van der Waals surface area (Å²) in [6.45, 7) is 5.24. The van der Waals surface area contributed by atoms with Crippen molar-refractivity contribution in [1.82, 2.24) is 24.6 Å². The van der Waals surface area contributed by atoms with Gasteiger partial charge in [-0.15, -0.1) is 0 Å². The summed E-state index contributed by atoms with van der Waals surface area (Å²) in [6.07, 6.45) is 4.64. The third kappa shape index (κ3) is 2.37. The van der Waals surface area contributed by atoms with Crippen molar-refractivity contribution in [2.45, 2.75) is 13.8 Å². The van der Waals surface area contributed by atoms with E-state index in [1.807, 2.05) is 13.8 Å². The van der Waals surface area contributed by atoms with Crippen LogP contribution in [0.25, 0.3) is 5.69 Å². The molecule has 6 nitrogen and oxygen atoms in total. The Kier molecular flexibility index (Phi) is 3.66. The number of rotatable bonds is 4. The van der Waals surface area contributed by atoms with Gasteiger partial charge in [0.05, 0.1) is 5.69 Å². The molecule has 6 heteroatoms. The Balaban J connectivity index is 2.30. The molecule has 2 heterocycles. The summed E-state index contributed by atoms with van der Waals surface area (Å²) >= 11 is 0. The smallest absolute Gasteiger partial charge is 0.272 e. The van der Waals surface area contributed by atoms with E-state index in [4.69, 9.17) is 0 Å². The van der Waals surface area contributed by atoms with Gasteiger partial charge in [-0.05, 0) is 26.0 Å². The normalized spacial score (nSPS) is 10.3. The zero-order valence-electron chi connectivity index (χ0n) is 10.4. The van der Waals surface area contributed by atoms with Gasteiger partial charge in [-0.25, -0.2) is 9.67 Å². The van der Waals surface area contributed by atoms with Crippen LogP contribution >= 0.6 is 0 Å². The van der Waals surface area contributed by atoms with Crippen LogP contribution in [0.15, 0.2) is 31.0 Å². The summed E-state index contributed by atoms with van der Waals surface area (Å²) in [4.78, 5) is 21.9. The highest BCUT2D eigenvalue weighted by atomic mass is 16.2. The Bertz CT molecular complexity index is 519. The summed E-state index contributed by atoms with van der Waals surface area (Å²) in [5.41, 5.74) is 1.20. The molecule has 18 heavy (non-hydrogen) atoms. The van der Waals surface area contributed by atoms with E-state index in [-0.39, 0.29) is 5.91 Å². The second kappa shape index (κ2) is 5.39. The van der Waals surface area contributed by atoms with Gasteiger partial charge in [0.25, 0.3) is 5.91 Å². The maximum Gasteiger partial charge on any atom is 0.272 e. The maximum atomic E-state index is 12.1. The predicted molar refractivity (Wildman–Crippen MR) is 66.4 cm³/mol. The fourth-order valence-corrected chi connectivity index (χ4v) is 1.69. The first kappa shape index (κ1) is 12.2. The predicted octanol–water partition coefficient (Wildman–Crippen LogP) is 1.14. The van der Waals surface area contributed by atoms with Crippen molar-refractivity contribution in [3.63, 3.8) is 0 Å². The minimum absolute atomic E-state index is 0.0676. The lowest BCUT2D eigenvalue weighted by atomic mass is 10.3. The van der Waals surface area contributed by atoms with E-state index in [1.54, 1.807) is 34.2 Å². The van der Waals surface area contributed by atoms with Crippen LogP contribution in [-0.4, -0.2) is 43.6 Å². The van der Waals surface area contributed by atoms with Crippen LogP contribution in [0, 0.1) is 0 Å². The second-order valence-electron chi connectivity index (χ2n) is 3.72. The first-order valence-corrected chi connectivity index (χ1v) is 5.86. The first-order chi connectivity index (χ1) is 8.76. The van der Waals surface area contributed by atoms with Gasteiger partial charge in [0, 0.05) is 19.3 Å². The Hall–Kier alpha value is -2.24. The van der Waals surface area contributed by atoms with Crippen molar-refractivity contribution >= 4 is 5.91 Å². The van der Waals surface area contributed by atoms with Crippen LogP contribution in [0.1, 0.15) is 24.3 Å². The Morgan fingerprint density at radius 1 is 1.39 bits per heavy atom. The van der Waals surface area contributed by atoms with Crippen LogP contribution in [0.3, 0.4) is 0 Å². The molecular formula is C12H15N5O. The number of aromatic nitrogens is 4. The molecule has 1 amide bonds. The zero-order valence-corrected chi connectivity index (χ0v) is 10.4. The molecular weight excluding hydrogens is 230 g/mol. The van der Waals surface area contributed by atoms with Gasteiger partial charge in [-0.3, -0.25) is 9.78 Å². The van der Waals surface area contributed by atoms with Crippen LogP contribution in [0.4, 0.5) is 0 Å². The van der Waals surface area contributed by atoms with E-state index < -0.39 is 0 Å². The third-order valence-corrected chi connectivity index (χ3v) is 2.70. The largest absolute Gasteiger partial charge is 0.338 e. The summed E-state index contributed by atoms with van der Waals surface area (Å²) in [7, 11) is 0. The molecule has 0 spiro atoms. The van der Waals surface area contributed by atoms with E-state index in [0.717, 1.165) is 5.69 Å². The minimum atomic E-state index is -0.0676. The highest BCUT2D eigenvalue weighted by Gasteiger charge is 2.14. The molecule has 0 bridgehead atoms. The molecule has 2 rings (SSSR count). The molecule has 0 aromatic carbocycles. The minimum Gasteiger partial charge on any atom is -0.338 e. The Morgan fingerprint density at radius 2 is 2.17 bits per heavy atom. The summed E-state index contributed by atoms with van der Waals surface area (Å²) in [6, 6.07) is 3.50. The molecule has 0 aliphatic heterocycles. The first-order valence-electron chi connectivity index (χ1n) is 5.86.